The van der Waals surface area contributed by atoms with Crippen molar-refractivity contribution in [1.29, 1.82) is 0 Å². The van der Waals surface area contributed by atoms with Gasteiger partial charge in [-0.3, -0.25) is 9.59 Å². The second-order valence-electron chi connectivity index (χ2n) is 4.61. The molecule has 9 heteroatoms. The summed E-state index contributed by atoms with van der Waals surface area (Å²) in [6.45, 7) is 1.45. The van der Waals surface area contributed by atoms with E-state index in [1.54, 1.807) is 0 Å². The van der Waals surface area contributed by atoms with Crippen LogP contribution in [-0.2, 0) is 14.4 Å². The van der Waals surface area contributed by atoms with E-state index in [9.17, 15) is 19.2 Å². The highest BCUT2D eigenvalue weighted by Gasteiger charge is 2.27. The highest BCUT2D eigenvalue weighted by Crippen LogP contribution is 2.18. The number of hydrogen-bond donors (Lipinski definition) is 5. The zero-order valence-electron chi connectivity index (χ0n) is 10.9. The van der Waals surface area contributed by atoms with Gasteiger partial charge in [-0.15, -0.1) is 0 Å². The monoisotopic (exact) mass is 287 g/mol. The molecule has 1 aliphatic carbocycles. The van der Waals surface area contributed by atoms with Gasteiger partial charge in [0.15, 0.2) is 0 Å². The highest BCUT2D eigenvalue weighted by molar-refractivity contribution is 5.89. The molecule has 20 heavy (non-hydrogen) atoms. The molecule has 1 aliphatic rings. The topological polar surface area (TPSA) is 145 Å². The predicted octanol–water partition coefficient (Wildman–Crippen LogP) is -1.12. The number of urea groups is 1. The Bertz CT molecular complexity index is 420. The number of carboxylic acid groups (broad SMARTS) is 2. The van der Waals surface area contributed by atoms with Gasteiger partial charge in [0, 0.05) is 6.04 Å². The molecule has 0 heterocycles. The van der Waals surface area contributed by atoms with Crippen molar-refractivity contribution in [2.75, 3.05) is 0 Å². The molecule has 0 aromatic rings. The standard InChI is InChI=1S/C11H17N3O6/c1-5(9(17)13-6-2-3-6)12-11(20)14-7(10(18)19)4-8(15)16/h5-7H,2-4H2,1H3,(H,13,17)(H,15,16)(H,18,19)(H2,12,14,20)/t5?,7-/m0/s1. The van der Waals surface area contributed by atoms with Crippen LogP contribution in [0.2, 0.25) is 0 Å². The lowest BCUT2D eigenvalue weighted by Crippen LogP contribution is -2.52. The molecule has 112 valence electrons. The van der Waals surface area contributed by atoms with Crippen molar-refractivity contribution in [2.45, 2.75) is 44.3 Å². The van der Waals surface area contributed by atoms with E-state index in [0.717, 1.165) is 12.8 Å². The molecule has 9 nitrogen and oxygen atoms in total. The first kappa shape index (κ1) is 15.7. The Morgan fingerprint density at radius 2 is 1.75 bits per heavy atom. The van der Waals surface area contributed by atoms with Crippen molar-refractivity contribution >= 4 is 23.9 Å². The van der Waals surface area contributed by atoms with E-state index in [4.69, 9.17) is 10.2 Å². The number of amides is 3. The maximum Gasteiger partial charge on any atom is 0.326 e. The van der Waals surface area contributed by atoms with Gasteiger partial charge in [-0.1, -0.05) is 0 Å². The number of carbonyl (C=O) groups excluding carboxylic acids is 2. The molecule has 0 aliphatic heterocycles. The van der Waals surface area contributed by atoms with Gasteiger partial charge in [-0.05, 0) is 19.8 Å². The van der Waals surface area contributed by atoms with Gasteiger partial charge in [0.1, 0.15) is 12.1 Å². The normalized spacial score (nSPS) is 16.6. The number of rotatable bonds is 7. The zero-order valence-corrected chi connectivity index (χ0v) is 10.9. The van der Waals surface area contributed by atoms with Crippen molar-refractivity contribution in [3.05, 3.63) is 0 Å². The van der Waals surface area contributed by atoms with Gasteiger partial charge < -0.3 is 26.2 Å². The molecular weight excluding hydrogens is 270 g/mol. The van der Waals surface area contributed by atoms with E-state index in [1.807, 2.05) is 5.32 Å². The summed E-state index contributed by atoms with van der Waals surface area (Å²) in [5.41, 5.74) is 0. The van der Waals surface area contributed by atoms with E-state index in [2.05, 4.69) is 10.6 Å². The van der Waals surface area contributed by atoms with E-state index >= 15 is 0 Å². The van der Waals surface area contributed by atoms with Crippen LogP contribution in [-0.4, -0.2) is 52.2 Å². The minimum absolute atomic E-state index is 0.147. The van der Waals surface area contributed by atoms with E-state index < -0.39 is 36.5 Å². The van der Waals surface area contributed by atoms with Crippen molar-refractivity contribution in [1.82, 2.24) is 16.0 Å². The summed E-state index contributed by atoms with van der Waals surface area (Å²) in [4.78, 5) is 44.3. The maximum atomic E-state index is 11.6. The fraction of sp³-hybridized carbons (Fsp3) is 0.636. The quantitative estimate of drug-likeness (QED) is 0.401. The Hall–Kier alpha value is -2.32. The average molecular weight is 287 g/mol. The number of carbonyl (C=O) groups is 4. The lowest BCUT2D eigenvalue weighted by atomic mass is 10.2. The smallest absolute Gasteiger partial charge is 0.326 e. The lowest BCUT2D eigenvalue weighted by Gasteiger charge is -2.17. The molecule has 0 bridgehead atoms. The maximum absolute atomic E-state index is 11.6. The SMILES string of the molecule is CC(NC(=O)N[C@@H](CC(=O)O)C(=O)O)C(=O)NC1CC1. The molecule has 0 saturated heterocycles. The summed E-state index contributed by atoms with van der Waals surface area (Å²) >= 11 is 0. The molecule has 1 unspecified atom stereocenters. The Kier molecular flexibility index (Phi) is 5.30. The first-order valence-corrected chi connectivity index (χ1v) is 6.11. The van der Waals surface area contributed by atoms with Crippen LogP contribution in [0, 0.1) is 0 Å². The third-order valence-corrected chi connectivity index (χ3v) is 2.65. The molecule has 3 amide bonds. The summed E-state index contributed by atoms with van der Waals surface area (Å²) in [6, 6.07) is -3.15. The van der Waals surface area contributed by atoms with E-state index in [-0.39, 0.29) is 11.9 Å². The molecule has 5 N–H and O–H groups in total. The van der Waals surface area contributed by atoms with Crippen LogP contribution in [0.5, 0.6) is 0 Å². The van der Waals surface area contributed by atoms with Crippen molar-refractivity contribution in [3.63, 3.8) is 0 Å². The first-order valence-electron chi connectivity index (χ1n) is 6.11. The molecule has 1 rings (SSSR count). The number of hydrogen-bond acceptors (Lipinski definition) is 4. The largest absolute Gasteiger partial charge is 0.481 e. The molecule has 0 aromatic carbocycles. The summed E-state index contributed by atoms with van der Waals surface area (Å²) in [5.74, 6) is -3.18. The Morgan fingerprint density at radius 3 is 2.20 bits per heavy atom. The minimum Gasteiger partial charge on any atom is -0.481 e. The first-order chi connectivity index (χ1) is 9.29. The third kappa shape index (κ3) is 5.55. The number of carboxylic acids is 2. The van der Waals surface area contributed by atoms with Crippen LogP contribution >= 0.6 is 0 Å². The van der Waals surface area contributed by atoms with Crippen LogP contribution in [0.15, 0.2) is 0 Å². The van der Waals surface area contributed by atoms with E-state index in [1.165, 1.54) is 6.92 Å². The summed E-state index contributed by atoms with van der Waals surface area (Å²) in [7, 11) is 0. The van der Waals surface area contributed by atoms with Crippen molar-refractivity contribution < 1.29 is 29.4 Å². The molecule has 0 radical (unpaired) electrons. The van der Waals surface area contributed by atoms with Crippen LogP contribution in [0.25, 0.3) is 0 Å². The van der Waals surface area contributed by atoms with Crippen molar-refractivity contribution in [2.24, 2.45) is 0 Å². The molecule has 0 aromatic heterocycles. The van der Waals surface area contributed by atoms with Gasteiger partial charge in [-0.25, -0.2) is 9.59 Å². The predicted molar refractivity (Wildman–Crippen MR) is 66.0 cm³/mol. The summed E-state index contributed by atoms with van der Waals surface area (Å²) in [6.07, 6.45) is 1.07. The van der Waals surface area contributed by atoms with E-state index in [0.29, 0.717) is 0 Å². The number of nitrogens with one attached hydrogen (secondary N) is 3. The molecular formula is C11H17N3O6. The molecule has 1 saturated carbocycles. The number of aliphatic carboxylic acids is 2. The molecule has 0 spiro atoms. The Labute approximate surface area is 114 Å². The second kappa shape index (κ2) is 6.73. The van der Waals surface area contributed by atoms with Crippen molar-refractivity contribution in [3.8, 4) is 0 Å². The highest BCUT2D eigenvalue weighted by atomic mass is 16.4. The zero-order chi connectivity index (χ0) is 15.3. The van der Waals surface area contributed by atoms with Crippen LogP contribution in [0.4, 0.5) is 4.79 Å². The minimum atomic E-state index is -1.55. The Morgan fingerprint density at radius 1 is 1.15 bits per heavy atom. The van der Waals surface area contributed by atoms with Crippen LogP contribution < -0.4 is 16.0 Å². The molecule has 2 atom stereocenters. The fourth-order valence-electron chi connectivity index (χ4n) is 1.39. The Balaban J connectivity index is 2.41. The van der Waals surface area contributed by atoms with Gasteiger partial charge in [0.2, 0.25) is 5.91 Å². The van der Waals surface area contributed by atoms with Gasteiger partial charge in [0.05, 0.1) is 6.42 Å². The average Bonchev–Trinajstić information content (AvgIpc) is 3.10. The van der Waals surface area contributed by atoms with Crippen LogP contribution in [0.1, 0.15) is 26.2 Å². The third-order valence-electron chi connectivity index (χ3n) is 2.65. The van der Waals surface area contributed by atoms with Gasteiger partial charge in [0.25, 0.3) is 0 Å². The van der Waals surface area contributed by atoms with Gasteiger partial charge >= 0.3 is 18.0 Å². The summed E-state index contributed by atoms with van der Waals surface area (Å²) < 4.78 is 0. The van der Waals surface area contributed by atoms with Crippen LogP contribution in [0.3, 0.4) is 0 Å². The lowest BCUT2D eigenvalue weighted by molar-refractivity contribution is -0.145. The molecule has 1 fully saturated rings. The van der Waals surface area contributed by atoms with Gasteiger partial charge in [-0.2, -0.15) is 0 Å². The summed E-state index contributed by atoms with van der Waals surface area (Å²) in [5, 5.41) is 24.2. The second-order valence-corrected chi connectivity index (χ2v) is 4.61. The fourth-order valence-corrected chi connectivity index (χ4v) is 1.39.